The van der Waals surface area contributed by atoms with E-state index in [1.165, 1.54) is 0 Å². The van der Waals surface area contributed by atoms with Gasteiger partial charge in [0.15, 0.2) is 0 Å². The van der Waals surface area contributed by atoms with Crippen LogP contribution < -0.4 is 5.73 Å². The maximum Gasteiger partial charge on any atom is 0.117 e. The summed E-state index contributed by atoms with van der Waals surface area (Å²) in [6.45, 7) is 1.52. The first-order valence-corrected chi connectivity index (χ1v) is 2.81. The smallest absolute Gasteiger partial charge is 0.117 e. The van der Waals surface area contributed by atoms with E-state index in [0.717, 1.165) is 0 Å². The minimum atomic E-state index is 0.0712. The van der Waals surface area contributed by atoms with Crippen molar-refractivity contribution < 1.29 is 9.47 Å². The molecular formula is C5H10N2O2. The summed E-state index contributed by atoms with van der Waals surface area (Å²) in [5, 5.41) is 6.80. The van der Waals surface area contributed by atoms with Crippen LogP contribution in [0, 0.1) is 5.41 Å². The Morgan fingerprint density at radius 1 is 1.78 bits per heavy atom. The summed E-state index contributed by atoms with van der Waals surface area (Å²) in [6, 6.07) is 0. The molecule has 0 amide bonds. The van der Waals surface area contributed by atoms with Crippen molar-refractivity contribution >= 4 is 5.84 Å². The van der Waals surface area contributed by atoms with Crippen molar-refractivity contribution in [3.8, 4) is 0 Å². The second-order valence-corrected chi connectivity index (χ2v) is 2.00. The lowest BCUT2D eigenvalue weighted by Crippen LogP contribution is -2.38. The number of nitrogens with two attached hydrogens (primary N) is 1. The molecule has 9 heavy (non-hydrogen) atoms. The monoisotopic (exact) mass is 130 g/mol. The number of rotatable bonds is 3. The minimum Gasteiger partial charge on any atom is -0.386 e. The van der Waals surface area contributed by atoms with E-state index >= 15 is 0 Å². The van der Waals surface area contributed by atoms with Crippen LogP contribution in [0.2, 0.25) is 0 Å². The Kier molecular flexibility index (Phi) is 2.02. The molecule has 0 aromatic carbocycles. The van der Waals surface area contributed by atoms with Gasteiger partial charge >= 0.3 is 0 Å². The molecule has 1 rings (SSSR count). The highest BCUT2D eigenvalue weighted by molar-refractivity contribution is 5.78. The zero-order valence-electron chi connectivity index (χ0n) is 5.09. The normalized spacial score (nSPS) is 19.1. The van der Waals surface area contributed by atoms with E-state index in [1.807, 2.05) is 0 Å². The Morgan fingerprint density at radius 2 is 2.44 bits per heavy atom. The predicted molar refractivity (Wildman–Crippen MR) is 32.5 cm³/mol. The fourth-order valence-electron chi connectivity index (χ4n) is 0.518. The number of amidine groups is 1. The van der Waals surface area contributed by atoms with Gasteiger partial charge in [-0.1, -0.05) is 0 Å². The molecule has 1 heterocycles. The first kappa shape index (κ1) is 6.51. The van der Waals surface area contributed by atoms with E-state index in [2.05, 4.69) is 0 Å². The fourth-order valence-corrected chi connectivity index (χ4v) is 0.518. The molecule has 4 heteroatoms. The van der Waals surface area contributed by atoms with Crippen LogP contribution in [-0.2, 0) is 9.47 Å². The van der Waals surface area contributed by atoms with Crippen LogP contribution in [-0.4, -0.2) is 31.8 Å². The number of nitrogens with one attached hydrogen (secondary N) is 1. The minimum absolute atomic E-state index is 0.0712. The van der Waals surface area contributed by atoms with Gasteiger partial charge in [-0.3, -0.25) is 5.41 Å². The summed E-state index contributed by atoms with van der Waals surface area (Å²) in [7, 11) is 0. The van der Waals surface area contributed by atoms with Gasteiger partial charge in [-0.25, -0.2) is 0 Å². The summed E-state index contributed by atoms with van der Waals surface area (Å²) in [5.41, 5.74) is 5.04. The van der Waals surface area contributed by atoms with Crippen molar-refractivity contribution in [2.24, 2.45) is 5.73 Å². The van der Waals surface area contributed by atoms with Gasteiger partial charge in [0.2, 0.25) is 0 Å². The summed E-state index contributed by atoms with van der Waals surface area (Å²) in [4.78, 5) is 0. The summed E-state index contributed by atoms with van der Waals surface area (Å²) in [6.07, 6.45) is 0.175. The largest absolute Gasteiger partial charge is 0.386 e. The molecule has 0 aromatic heterocycles. The molecule has 0 bridgehead atoms. The molecule has 0 unspecified atom stereocenters. The zero-order valence-corrected chi connectivity index (χ0v) is 5.09. The Morgan fingerprint density at radius 3 is 2.78 bits per heavy atom. The second-order valence-electron chi connectivity index (χ2n) is 2.00. The van der Waals surface area contributed by atoms with Gasteiger partial charge in [0, 0.05) is 0 Å². The molecule has 0 aromatic rings. The molecular weight excluding hydrogens is 120 g/mol. The standard InChI is InChI=1S/C5H10N2O2/c6-5(7)3-9-4-1-8-2-4/h4H,1-3H2,(H3,6,7). The number of ether oxygens (including phenoxy) is 2. The molecule has 0 spiro atoms. The molecule has 0 saturated carbocycles. The van der Waals surface area contributed by atoms with Crippen LogP contribution in [0.4, 0.5) is 0 Å². The van der Waals surface area contributed by atoms with Crippen LogP contribution in [0.1, 0.15) is 0 Å². The maximum absolute atomic E-state index is 6.80. The van der Waals surface area contributed by atoms with Gasteiger partial charge in [-0.2, -0.15) is 0 Å². The molecule has 3 N–H and O–H groups in total. The van der Waals surface area contributed by atoms with Gasteiger partial charge in [0.25, 0.3) is 0 Å². The Balaban J connectivity index is 1.97. The molecule has 1 saturated heterocycles. The average molecular weight is 130 g/mol. The van der Waals surface area contributed by atoms with E-state index in [9.17, 15) is 0 Å². The molecule has 0 atom stereocenters. The van der Waals surface area contributed by atoms with Gasteiger partial charge in [-0.15, -0.1) is 0 Å². The van der Waals surface area contributed by atoms with Crippen molar-refractivity contribution in [3.05, 3.63) is 0 Å². The number of hydrogen-bond donors (Lipinski definition) is 2. The van der Waals surface area contributed by atoms with Crippen LogP contribution in [0.3, 0.4) is 0 Å². The van der Waals surface area contributed by atoms with E-state index in [-0.39, 0.29) is 18.5 Å². The van der Waals surface area contributed by atoms with Crippen LogP contribution in [0.15, 0.2) is 0 Å². The Hall–Kier alpha value is -0.610. The SMILES string of the molecule is N=C(N)COC1COC1. The predicted octanol–water partition coefficient (Wildman–Crippen LogP) is -0.662. The van der Waals surface area contributed by atoms with Gasteiger partial charge in [0.05, 0.1) is 13.2 Å². The highest BCUT2D eigenvalue weighted by Crippen LogP contribution is 2.03. The highest BCUT2D eigenvalue weighted by Gasteiger charge is 2.18. The van der Waals surface area contributed by atoms with Crippen molar-refractivity contribution in [3.63, 3.8) is 0 Å². The average Bonchev–Trinajstić information content (AvgIpc) is 1.60. The number of hydrogen-bond acceptors (Lipinski definition) is 3. The maximum atomic E-state index is 6.80. The summed E-state index contributed by atoms with van der Waals surface area (Å²) < 4.78 is 9.90. The summed E-state index contributed by atoms with van der Waals surface area (Å²) in [5.74, 6) is 0.0712. The van der Waals surface area contributed by atoms with E-state index in [4.69, 9.17) is 20.6 Å². The van der Waals surface area contributed by atoms with Gasteiger partial charge < -0.3 is 15.2 Å². The molecule has 1 aliphatic rings. The van der Waals surface area contributed by atoms with Crippen molar-refractivity contribution in [1.29, 1.82) is 5.41 Å². The third kappa shape index (κ3) is 1.99. The van der Waals surface area contributed by atoms with E-state index < -0.39 is 0 Å². The van der Waals surface area contributed by atoms with Crippen LogP contribution >= 0.6 is 0 Å². The lowest BCUT2D eigenvalue weighted by atomic mass is 10.3. The second kappa shape index (κ2) is 2.80. The molecule has 1 aliphatic heterocycles. The summed E-state index contributed by atoms with van der Waals surface area (Å²) >= 11 is 0. The lowest BCUT2D eigenvalue weighted by Gasteiger charge is -2.25. The van der Waals surface area contributed by atoms with Crippen LogP contribution in [0.5, 0.6) is 0 Å². The highest BCUT2D eigenvalue weighted by atomic mass is 16.6. The molecule has 4 nitrogen and oxygen atoms in total. The van der Waals surface area contributed by atoms with Crippen molar-refractivity contribution in [2.45, 2.75) is 6.10 Å². The van der Waals surface area contributed by atoms with E-state index in [1.54, 1.807) is 0 Å². The molecule has 52 valence electrons. The quantitative estimate of drug-likeness (QED) is 0.393. The van der Waals surface area contributed by atoms with Crippen LogP contribution in [0.25, 0.3) is 0 Å². The first-order valence-electron chi connectivity index (χ1n) is 2.81. The molecule has 0 radical (unpaired) electrons. The third-order valence-electron chi connectivity index (χ3n) is 1.08. The van der Waals surface area contributed by atoms with Gasteiger partial charge in [-0.05, 0) is 0 Å². The third-order valence-corrected chi connectivity index (χ3v) is 1.08. The molecule has 0 aliphatic carbocycles. The van der Waals surface area contributed by atoms with Crippen molar-refractivity contribution in [1.82, 2.24) is 0 Å². The topological polar surface area (TPSA) is 68.3 Å². The fraction of sp³-hybridized carbons (Fsp3) is 0.800. The van der Waals surface area contributed by atoms with Crippen molar-refractivity contribution in [2.75, 3.05) is 19.8 Å². The zero-order chi connectivity index (χ0) is 6.69. The first-order chi connectivity index (χ1) is 4.29. The lowest BCUT2D eigenvalue weighted by molar-refractivity contribution is -0.120. The Labute approximate surface area is 53.4 Å². The van der Waals surface area contributed by atoms with E-state index in [0.29, 0.717) is 13.2 Å². The Bertz CT molecular complexity index is 112. The molecule has 1 fully saturated rings. The van der Waals surface area contributed by atoms with Gasteiger partial charge in [0.1, 0.15) is 18.5 Å².